The van der Waals surface area contributed by atoms with Gasteiger partial charge in [0.25, 0.3) is 0 Å². The van der Waals surface area contributed by atoms with E-state index >= 15 is 0 Å². The summed E-state index contributed by atoms with van der Waals surface area (Å²) in [6, 6.07) is 0.0153. The molecule has 1 atom stereocenters. The smallest absolute Gasteiger partial charge is 0.223 e. The normalized spacial score (nSPS) is 11.7. The molecule has 3 heteroatoms. The lowest BCUT2D eigenvalue weighted by Crippen LogP contribution is -2.33. The van der Waals surface area contributed by atoms with E-state index in [-0.39, 0.29) is 11.9 Å². The standard InChI is InChI=1S/C10H22N2O.C2H6/c1-5-12(4)10(13)7-9(11)6-8(2)3;1-2/h8-9H,5-7,11H2,1-4H3;1-2H3/t9-;/m0./s1. The van der Waals surface area contributed by atoms with Crippen LogP contribution in [-0.4, -0.2) is 30.4 Å². The van der Waals surface area contributed by atoms with Crippen LogP contribution in [0.15, 0.2) is 0 Å². The number of carbonyl (C=O) groups is 1. The van der Waals surface area contributed by atoms with Crippen LogP contribution >= 0.6 is 0 Å². The molecule has 3 nitrogen and oxygen atoms in total. The number of amides is 1. The Morgan fingerprint density at radius 3 is 2.13 bits per heavy atom. The quantitative estimate of drug-likeness (QED) is 0.766. The molecule has 2 N–H and O–H groups in total. The van der Waals surface area contributed by atoms with Crippen LogP contribution in [0.2, 0.25) is 0 Å². The summed E-state index contributed by atoms with van der Waals surface area (Å²) in [5.41, 5.74) is 5.82. The highest BCUT2D eigenvalue weighted by molar-refractivity contribution is 5.76. The summed E-state index contributed by atoms with van der Waals surface area (Å²) >= 11 is 0. The lowest BCUT2D eigenvalue weighted by molar-refractivity contribution is -0.130. The van der Waals surface area contributed by atoms with Gasteiger partial charge in [-0.3, -0.25) is 4.79 Å². The van der Waals surface area contributed by atoms with Gasteiger partial charge in [-0.25, -0.2) is 0 Å². The molecule has 0 aliphatic heterocycles. The summed E-state index contributed by atoms with van der Waals surface area (Å²) in [6.07, 6.45) is 1.39. The van der Waals surface area contributed by atoms with Crippen molar-refractivity contribution < 1.29 is 4.79 Å². The summed E-state index contributed by atoms with van der Waals surface area (Å²) in [5, 5.41) is 0. The second-order valence-electron chi connectivity index (χ2n) is 4.00. The molecule has 0 unspecified atom stereocenters. The van der Waals surface area contributed by atoms with Gasteiger partial charge >= 0.3 is 0 Å². The fraction of sp³-hybridized carbons (Fsp3) is 0.917. The van der Waals surface area contributed by atoms with Crippen molar-refractivity contribution >= 4 is 5.91 Å². The van der Waals surface area contributed by atoms with Crippen molar-refractivity contribution in [3.63, 3.8) is 0 Å². The highest BCUT2D eigenvalue weighted by Crippen LogP contribution is 2.06. The van der Waals surface area contributed by atoms with Crippen molar-refractivity contribution in [2.45, 2.75) is 53.5 Å². The molecule has 15 heavy (non-hydrogen) atoms. The minimum atomic E-state index is 0.0153. The number of nitrogens with two attached hydrogens (primary N) is 1. The summed E-state index contributed by atoms with van der Waals surface area (Å²) < 4.78 is 0. The predicted molar refractivity (Wildman–Crippen MR) is 66.7 cm³/mol. The number of hydrogen-bond acceptors (Lipinski definition) is 2. The van der Waals surface area contributed by atoms with Crippen LogP contribution in [0.25, 0.3) is 0 Å². The van der Waals surface area contributed by atoms with Crippen molar-refractivity contribution in [3.05, 3.63) is 0 Å². The highest BCUT2D eigenvalue weighted by Gasteiger charge is 2.13. The molecule has 0 radical (unpaired) electrons. The fourth-order valence-electron chi connectivity index (χ4n) is 1.25. The Morgan fingerprint density at radius 2 is 1.80 bits per heavy atom. The van der Waals surface area contributed by atoms with Crippen LogP contribution in [0.5, 0.6) is 0 Å². The number of carbonyl (C=O) groups excluding carboxylic acids is 1. The van der Waals surface area contributed by atoms with Gasteiger partial charge in [0.1, 0.15) is 0 Å². The van der Waals surface area contributed by atoms with Gasteiger partial charge in [0.2, 0.25) is 5.91 Å². The minimum Gasteiger partial charge on any atom is -0.346 e. The molecule has 0 aromatic heterocycles. The molecular weight excluding hydrogens is 188 g/mol. The maximum Gasteiger partial charge on any atom is 0.223 e. The Bertz CT molecular complexity index is 158. The summed E-state index contributed by atoms with van der Waals surface area (Å²) in [7, 11) is 1.81. The Morgan fingerprint density at radius 1 is 1.33 bits per heavy atom. The van der Waals surface area contributed by atoms with Crippen LogP contribution in [0.4, 0.5) is 0 Å². The van der Waals surface area contributed by atoms with Crippen LogP contribution in [0.1, 0.15) is 47.5 Å². The minimum absolute atomic E-state index is 0.0153. The maximum atomic E-state index is 11.4. The Kier molecular flexibility index (Phi) is 11.2. The van der Waals surface area contributed by atoms with Crippen molar-refractivity contribution in [2.24, 2.45) is 11.7 Å². The maximum absolute atomic E-state index is 11.4. The topological polar surface area (TPSA) is 46.3 Å². The van der Waals surface area contributed by atoms with Gasteiger partial charge in [0.05, 0.1) is 0 Å². The van der Waals surface area contributed by atoms with Crippen molar-refractivity contribution in [1.29, 1.82) is 0 Å². The van der Waals surface area contributed by atoms with Gasteiger partial charge in [0, 0.05) is 26.1 Å². The summed E-state index contributed by atoms with van der Waals surface area (Å²) in [6.45, 7) is 11.0. The van der Waals surface area contributed by atoms with Gasteiger partial charge in [-0.1, -0.05) is 27.7 Å². The average Bonchev–Trinajstić information content (AvgIpc) is 2.18. The molecule has 0 rings (SSSR count). The second-order valence-corrected chi connectivity index (χ2v) is 4.00. The Labute approximate surface area is 95.0 Å². The molecule has 0 spiro atoms. The molecule has 0 heterocycles. The molecule has 0 aliphatic rings. The molecule has 0 aromatic carbocycles. The molecule has 0 aromatic rings. The first kappa shape index (κ1) is 16.8. The molecule has 0 aliphatic carbocycles. The molecule has 0 saturated carbocycles. The number of nitrogens with zero attached hydrogens (tertiary/aromatic N) is 1. The lowest BCUT2D eigenvalue weighted by Gasteiger charge is -2.18. The van der Waals surface area contributed by atoms with Crippen molar-refractivity contribution in [1.82, 2.24) is 4.90 Å². The third kappa shape index (κ3) is 9.73. The summed E-state index contributed by atoms with van der Waals surface area (Å²) in [5.74, 6) is 0.713. The van der Waals surface area contributed by atoms with Gasteiger partial charge < -0.3 is 10.6 Å². The van der Waals surface area contributed by atoms with E-state index in [4.69, 9.17) is 5.73 Å². The average molecular weight is 216 g/mol. The van der Waals surface area contributed by atoms with E-state index in [1.807, 2.05) is 27.8 Å². The van der Waals surface area contributed by atoms with E-state index in [1.165, 1.54) is 0 Å². The van der Waals surface area contributed by atoms with E-state index in [9.17, 15) is 4.79 Å². The molecular formula is C12H28N2O. The first-order valence-corrected chi connectivity index (χ1v) is 5.96. The van der Waals surface area contributed by atoms with E-state index in [0.29, 0.717) is 12.3 Å². The highest BCUT2D eigenvalue weighted by atomic mass is 16.2. The molecule has 0 fully saturated rings. The van der Waals surface area contributed by atoms with Crippen LogP contribution < -0.4 is 5.73 Å². The zero-order chi connectivity index (χ0) is 12.4. The van der Waals surface area contributed by atoms with Gasteiger partial charge in [0.15, 0.2) is 0 Å². The van der Waals surface area contributed by atoms with Gasteiger partial charge in [-0.15, -0.1) is 0 Å². The molecule has 1 amide bonds. The molecule has 0 saturated heterocycles. The van der Waals surface area contributed by atoms with E-state index in [0.717, 1.165) is 13.0 Å². The fourth-order valence-corrected chi connectivity index (χ4v) is 1.25. The lowest BCUT2D eigenvalue weighted by atomic mass is 10.0. The third-order valence-corrected chi connectivity index (χ3v) is 2.11. The van der Waals surface area contributed by atoms with Crippen LogP contribution in [0, 0.1) is 5.92 Å². The Hall–Kier alpha value is -0.570. The molecule has 92 valence electrons. The van der Waals surface area contributed by atoms with Gasteiger partial charge in [-0.05, 0) is 19.3 Å². The largest absolute Gasteiger partial charge is 0.346 e. The van der Waals surface area contributed by atoms with Crippen LogP contribution in [0.3, 0.4) is 0 Å². The third-order valence-electron chi connectivity index (χ3n) is 2.11. The van der Waals surface area contributed by atoms with E-state index in [1.54, 1.807) is 4.90 Å². The first-order chi connectivity index (χ1) is 6.97. The first-order valence-electron chi connectivity index (χ1n) is 5.96. The Balaban J connectivity index is 0. The zero-order valence-electron chi connectivity index (χ0n) is 11.2. The van der Waals surface area contributed by atoms with E-state index in [2.05, 4.69) is 13.8 Å². The van der Waals surface area contributed by atoms with Crippen LogP contribution in [-0.2, 0) is 4.79 Å². The van der Waals surface area contributed by atoms with Crippen molar-refractivity contribution in [2.75, 3.05) is 13.6 Å². The number of rotatable bonds is 5. The second kappa shape index (κ2) is 9.97. The van der Waals surface area contributed by atoms with Gasteiger partial charge in [-0.2, -0.15) is 0 Å². The molecule has 0 bridgehead atoms. The SMILES string of the molecule is CC.CCN(C)C(=O)C[C@@H](N)CC(C)C. The predicted octanol–water partition coefficient (Wildman–Crippen LogP) is 2.25. The monoisotopic (exact) mass is 216 g/mol. The number of hydrogen-bond donors (Lipinski definition) is 1. The van der Waals surface area contributed by atoms with E-state index < -0.39 is 0 Å². The van der Waals surface area contributed by atoms with Crippen molar-refractivity contribution in [3.8, 4) is 0 Å². The summed E-state index contributed by atoms with van der Waals surface area (Å²) in [4.78, 5) is 13.1. The zero-order valence-corrected chi connectivity index (χ0v) is 11.2.